The molecule has 18 heavy (non-hydrogen) atoms. The van der Waals surface area contributed by atoms with E-state index in [0.29, 0.717) is 19.4 Å². The molecule has 0 radical (unpaired) electrons. The number of aromatic nitrogens is 2. The monoisotopic (exact) mass is 251 g/mol. The zero-order chi connectivity index (χ0) is 13.4. The largest absolute Gasteiger partial charge is 0.373 e. The zero-order valence-electron chi connectivity index (χ0n) is 11.0. The summed E-state index contributed by atoms with van der Waals surface area (Å²) < 4.78 is 0. The van der Waals surface area contributed by atoms with Crippen LogP contribution in [0.25, 0.3) is 0 Å². The molecule has 0 aliphatic carbocycles. The molecule has 0 aliphatic rings. The molecular formula is C12H21N5O. The first-order valence-corrected chi connectivity index (χ1v) is 6.23. The summed E-state index contributed by atoms with van der Waals surface area (Å²) in [5, 5.41) is 6.18. The molecule has 0 spiro atoms. The summed E-state index contributed by atoms with van der Waals surface area (Å²) >= 11 is 0. The first-order chi connectivity index (χ1) is 8.65. The van der Waals surface area contributed by atoms with Gasteiger partial charge in [-0.05, 0) is 12.8 Å². The number of primary amides is 1. The Bertz CT molecular complexity index is 394. The van der Waals surface area contributed by atoms with E-state index < -0.39 is 0 Å². The van der Waals surface area contributed by atoms with Crippen LogP contribution in [0.15, 0.2) is 6.07 Å². The van der Waals surface area contributed by atoms with E-state index in [1.165, 1.54) is 0 Å². The lowest BCUT2D eigenvalue weighted by molar-refractivity contribution is -0.118. The Balaban J connectivity index is 2.57. The summed E-state index contributed by atoms with van der Waals surface area (Å²) in [7, 11) is 1.83. The van der Waals surface area contributed by atoms with Gasteiger partial charge in [-0.2, -0.15) is 0 Å². The Morgan fingerprint density at radius 3 is 2.72 bits per heavy atom. The van der Waals surface area contributed by atoms with Crippen LogP contribution in [0.4, 0.5) is 11.6 Å². The number of carbonyl (C=O) groups excluding carboxylic acids is 1. The number of aryl methyl sites for hydroxylation is 1. The Labute approximate surface area is 107 Å². The van der Waals surface area contributed by atoms with Crippen LogP contribution in [-0.4, -0.2) is 29.5 Å². The molecule has 1 rings (SSSR count). The van der Waals surface area contributed by atoms with Crippen molar-refractivity contribution in [2.24, 2.45) is 5.73 Å². The summed E-state index contributed by atoms with van der Waals surface area (Å²) in [5.41, 5.74) is 5.08. The maximum atomic E-state index is 10.6. The highest BCUT2D eigenvalue weighted by atomic mass is 16.1. The third-order valence-corrected chi connectivity index (χ3v) is 2.41. The van der Waals surface area contributed by atoms with Gasteiger partial charge < -0.3 is 16.4 Å². The van der Waals surface area contributed by atoms with Gasteiger partial charge in [-0.1, -0.05) is 6.92 Å². The topological polar surface area (TPSA) is 92.9 Å². The number of nitrogens with two attached hydrogens (primary N) is 1. The Morgan fingerprint density at radius 2 is 2.11 bits per heavy atom. The predicted octanol–water partition coefficient (Wildman–Crippen LogP) is 1.15. The Morgan fingerprint density at radius 1 is 1.39 bits per heavy atom. The molecule has 1 aromatic heterocycles. The van der Waals surface area contributed by atoms with E-state index >= 15 is 0 Å². The third-order valence-electron chi connectivity index (χ3n) is 2.41. The van der Waals surface area contributed by atoms with Crippen molar-refractivity contribution in [3.8, 4) is 0 Å². The maximum Gasteiger partial charge on any atom is 0.217 e. The predicted molar refractivity (Wildman–Crippen MR) is 72.5 cm³/mol. The molecule has 1 amide bonds. The van der Waals surface area contributed by atoms with Crippen LogP contribution in [-0.2, 0) is 11.2 Å². The van der Waals surface area contributed by atoms with Crippen LogP contribution in [0.1, 0.15) is 32.0 Å². The van der Waals surface area contributed by atoms with Crippen LogP contribution >= 0.6 is 0 Å². The van der Waals surface area contributed by atoms with Gasteiger partial charge in [-0.3, -0.25) is 4.79 Å². The molecule has 4 N–H and O–H groups in total. The van der Waals surface area contributed by atoms with Gasteiger partial charge in [0.15, 0.2) is 0 Å². The van der Waals surface area contributed by atoms with E-state index in [2.05, 4.69) is 27.5 Å². The molecule has 6 nitrogen and oxygen atoms in total. The first-order valence-electron chi connectivity index (χ1n) is 6.23. The number of rotatable bonds is 8. The average molecular weight is 251 g/mol. The van der Waals surface area contributed by atoms with Crippen molar-refractivity contribution >= 4 is 17.5 Å². The lowest BCUT2D eigenvalue weighted by Gasteiger charge is -2.09. The summed E-state index contributed by atoms with van der Waals surface area (Å²) in [5.74, 6) is 2.12. The zero-order valence-corrected chi connectivity index (χ0v) is 11.0. The lowest BCUT2D eigenvalue weighted by Crippen LogP contribution is -2.13. The molecule has 0 aromatic carbocycles. The van der Waals surface area contributed by atoms with Crippen LogP contribution in [0.3, 0.4) is 0 Å². The number of hydrogen-bond donors (Lipinski definition) is 3. The molecule has 1 heterocycles. The smallest absolute Gasteiger partial charge is 0.217 e. The molecule has 100 valence electrons. The molecular weight excluding hydrogens is 230 g/mol. The molecule has 0 atom stereocenters. The summed E-state index contributed by atoms with van der Waals surface area (Å²) in [4.78, 5) is 19.4. The molecule has 0 fully saturated rings. The minimum absolute atomic E-state index is 0.276. The fraction of sp³-hybridized carbons (Fsp3) is 0.583. The minimum atomic E-state index is -0.276. The second kappa shape index (κ2) is 7.47. The SMILES string of the molecule is CCCc1nc(NC)cc(NCCCC(N)=O)n1. The highest BCUT2D eigenvalue weighted by Gasteiger charge is 2.03. The minimum Gasteiger partial charge on any atom is -0.373 e. The van der Waals surface area contributed by atoms with Gasteiger partial charge in [-0.25, -0.2) is 9.97 Å². The molecule has 0 aliphatic heterocycles. The molecule has 0 bridgehead atoms. The number of hydrogen-bond acceptors (Lipinski definition) is 5. The molecule has 1 aromatic rings. The van der Waals surface area contributed by atoms with Crippen molar-refractivity contribution in [3.05, 3.63) is 11.9 Å². The van der Waals surface area contributed by atoms with Gasteiger partial charge in [0.1, 0.15) is 17.5 Å². The normalized spacial score (nSPS) is 10.1. The molecule has 0 saturated heterocycles. The van der Waals surface area contributed by atoms with E-state index in [-0.39, 0.29) is 5.91 Å². The van der Waals surface area contributed by atoms with Crippen molar-refractivity contribution in [2.45, 2.75) is 32.6 Å². The van der Waals surface area contributed by atoms with Gasteiger partial charge in [0, 0.05) is 32.5 Å². The Hall–Kier alpha value is -1.85. The van der Waals surface area contributed by atoms with Crippen molar-refractivity contribution in [1.29, 1.82) is 0 Å². The standard InChI is InChI=1S/C12H21N5O/c1-3-5-10-16-11(14-2)8-12(17-10)15-7-4-6-9(13)18/h8H,3-7H2,1-2H3,(H2,13,18)(H2,14,15,16,17). The highest BCUT2D eigenvalue weighted by molar-refractivity contribution is 5.73. The third kappa shape index (κ3) is 4.99. The fourth-order valence-corrected chi connectivity index (χ4v) is 1.53. The van der Waals surface area contributed by atoms with E-state index in [0.717, 1.165) is 30.3 Å². The number of nitrogens with one attached hydrogen (secondary N) is 2. The van der Waals surface area contributed by atoms with Crippen molar-refractivity contribution in [2.75, 3.05) is 24.2 Å². The maximum absolute atomic E-state index is 10.6. The van der Waals surface area contributed by atoms with Crippen LogP contribution in [0.5, 0.6) is 0 Å². The number of amides is 1. The molecule has 0 unspecified atom stereocenters. The summed E-state index contributed by atoms with van der Waals surface area (Å²) in [6.45, 7) is 2.77. The van der Waals surface area contributed by atoms with E-state index in [4.69, 9.17) is 5.73 Å². The first kappa shape index (κ1) is 14.2. The lowest BCUT2D eigenvalue weighted by atomic mass is 10.3. The number of nitrogens with zero attached hydrogens (tertiary/aromatic N) is 2. The van der Waals surface area contributed by atoms with Gasteiger partial charge in [0.05, 0.1) is 0 Å². The Kier molecular flexibility index (Phi) is 5.90. The average Bonchev–Trinajstić information content (AvgIpc) is 2.34. The quantitative estimate of drug-likeness (QED) is 0.603. The number of carbonyl (C=O) groups is 1. The van der Waals surface area contributed by atoms with E-state index in [9.17, 15) is 4.79 Å². The van der Waals surface area contributed by atoms with Crippen molar-refractivity contribution in [1.82, 2.24) is 9.97 Å². The van der Waals surface area contributed by atoms with Gasteiger partial charge >= 0.3 is 0 Å². The number of anilines is 2. The van der Waals surface area contributed by atoms with Crippen molar-refractivity contribution < 1.29 is 4.79 Å². The fourth-order valence-electron chi connectivity index (χ4n) is 1.53. The van der Waals surface area contributed by atoms with Crippen molar-refractivity contribution in [3.63, 3.8) is 0 Å². The summed E-state index contributed by atoms with van der Waals surface area (Å²) in [6.07, 6.45) is 2.95. The van der Waals surface area contributed by atoms with E-state index in [1.807, 2.05) is 13.1 Å². The highest BCUT2D eigenvalue weighted by Crippen LogP contribution is 2.12. The molecule has 0 saturated carbocycles. The van der Waals surface area contributed by atoms with Crippen LogP contribution in [0, 0.1) is 0 Å². The van der Waals surface area contributed by atoms with E-state index in [1.54, 1.807) is 0 Å². The van der Waals surface area contributed by atoms with Gasteiger partial charge in [-0.15, -0.1) is 0 Å². The van der Waals surface area contributed by atoms with Gasteiger partial charge in [0.25, 0.3) is 0 Å². The second-order valence-corrected chi connectivity index (χ2v) is 4.05. The van der Waals surface area contributed by atoms with Gasteiger partial charge in [0.2, 0.25) is 5.91 Å². The van der Waals surface area contributed by atoms with Crippen LogP contribution < -0.4 is 16.4 Å². The summed E-state index contributed by atoms with van der Waals surface area (Å²) in [6, 6.07) is 1.85. The van der Waals surface area contributed by atoms with Crippen LogP contribution in [0.2, 0.25) is 0 Å². The molecule has 6 heteroatoms. The second-order valence-electron chi connectivity index (χ2n) is 4.05.